The lowest BCUT2D eigenvalue weighted by Gasteiger charge is -2.31. The van der Waals surface area contributed by atoms with Crippen molar-refractivity contribution in [3.05, 3.63) is 48.5 Å². The molecule has 0 amide bonds. The predicted molar refractivity (Wildman–Crippen MR) is 107 cm³/mol. The van der Waals surface area contributed by atoms with Gasteiger partial charge in [0.25, 0.3) is 0 Å². The van der Waals surface area contributed by atoms with E-state index in [9.17, 15) is 4.79 Å². The minimum Gasteiger partial charge on any atom is -0.304 e. The molecule has 1 aromatic carbocycles. The largest absolute Gasteiger partial charge is 0.304 e. The summed E-state index contributed by atoms with van der Waals surface area (Å²) in [6.07, 6.45) is 6.12. The number of Topliss-reactive ketones (excluding diaryl/α,β-unsaturated/α-hetero) is 1. The molecule has 0 unspecified atom stereocenters. The highest BCUT2D eigenvalue weighted by atomic mass is 16.1. The zero-order valence-corrected chi connectivity index (χ0v) is 15.9. The van der Waals surface area contributed by atoms with Crippen molar-refractivity contribution in [1.29, 1.82) is 0 Å². The van der Waals surface area contributed by atoms with E-state index in [1.807, 2.05) is 31.7 Å². The topological polar surface area (TPSA) is 54.3 Å². The number of hydrogen-bond donors (Lipinski definition) is 0. The monoisotopic (exact) mass is 363 g/mol. The Morgan fingerprint density at radius 1 is 1.00 bits per heavy atom. The van der Waals surface area contributed by atoms with Crippen molar-refractivity contribution < 1.29 is 4.79 Å². The fourth-order valence-corrected chi connectivity index (χ4v) is 3.55. The molecule has 1 fully saturated rings. The van der Waals surface area contributed by atoms with Gasteiger partial charge in [-0.1, -0.05) is 12.1 Å². The number of pyridine rings is 1. The second-order valence-corrected chi connectivity index (χ2v) is 7.44. The number of fused-ring (bicyclic) bond motifs is 1. The Kier molecular flexibility index (Phi) is 5.01. The van der Waals surface area contributed by atoms with Gasteiger partial charge in [-0.05, 0) is 30.1 Å². The Bertz CT molecular complexity index is 956. The summed E-state index contributed by atoms with van der Waals surface area (Å²) in [6.45, 7) is 4.49. The van der Waals surface area contributed by atoms with Gasteiger partial charge in [-0.25, -0.2) is 0 Å². The third kappa shape index (κ3) is 4.23. The summed E-state index contributed by atoms with van der Waals surface area (Å²) in [5, 5.41) is 6.43. The van der Waals surface area contributed by atoms with E-state index in [0.717, 1.165) is 53.8 Å². The van der Waals surface area contributed by atoms with Crippen molar-refractivity contribution in [2.24, 2.45) is 7.05 Å². The van der Waals surface area contributed by atoms with Crippen LogP contribution in [0.5, 0.6) is 0 Å². The van der Waals surface area contributed by atoms with Crippen molar-refractivity contribution in [2.75, 3.05) is 39.8 Å². The first kappa shape index (κ1) is 17.8. The second kappa shape index (κ2) is 7.58. The minimum absolute atomic E-state index is 0.231. The fraction of sp³-hybridized carbons (Fsp3) is 0.381. The van der Waals surface area contributed by atoms with Crippen LogP contribution in [0.15, 0.2) is 42.9 Å². The van der Waals surface area contributed by atoms with Crippen molar-refractivity contribution in [2.45, 2.75) is 6.42 Å². The summed E-state index contributed by atoms with van der Waals surface area (Å²) in [5.74, 6) is 0.231. The second-order valence-electron chi connectivity index (χ2n) is 7.44. The highest BCUT2D eigenvalue weighted by molar-refractivity contribution is 5.88. The third-order valence-corrected chi connectivity index (χ3v) is 5.19. The Labute approximate surface area is 159 Å². The molecule has 1 aliphatic rings. The maximum absolute atomic E-state index is 12.5. The molecule has 6 heteroatoms. The normalized spacial score (nSPS) is 16.1. The van der Waals surface area contributed by atoms with Gasteiger partial charge in [0, 0.05) is 62.3 Å². The smallest absolute Gasteiger partial charge is 0.152 e. The zero-order chi connectivity index (χ0) is 18.8. The summed E-state index contributed by atoms with van der Waals surface area (Å²) in [6, 6.07) is 8.33. The van der Waals surface area contributed by atoms with Crippen LogP contribution in [0.25, 0.3) is 21.9 Å². The van der Waals surface area contributed by atoms with E-state index in [1.165, 1.54) is 0 Å². The molecule has 140 valence electrons. The summed E-state index contributed by atoms with van der Waals surface area (Å²) in [7, 11) is 4.04. The van der Waals surface area contributed by atoms with Gasteiger partial charge >= 0.3 is 0 Å². The molecule has 3 aromatic rings. The predicted octanol–water partition coefficient (Wildman–Crippen LogP) is 1.99. The molecule has 3 heterocycles. The van der Waals surface area contributed by atoms with Gasteiger partial charge in [-0.3, -0.25) is 19.4 Å². The van der Waals surface area contributed by atoms with Crippen LogP contribution in [0.4, 0.5) is 0 Å². The first-order valence-corrected chi connectivity index (χ1v) is 9.37. The van der Waals surface area contributed by atoms with E-state index in [2.05, 4.69) is 45.1 Å². The van der Waals surface area contributed by atoms with Crippen molar-refractivity contribution >= 4 is 16.6 Å². The molecule has 27 heavy (non-hydrogen) atoms. The number of piperazine rings is 1. The minimum atomic E-state index is 0.231. The van der Waals surface area contributed by atoms with Gasteiger partial charge in [0.2, 0.25) is 0 Å². The maximum Gasteiger partial charge on any atom is 0.152 e. The van der Waals surface area contributed by atoms with Gasteiger partial charge in [-0.2, -0.15) is 5.10 Å². The van der Waals surface area contributed by atoms with E-state index < -0.39 is 0 Å². The van der Waals surface area contributed by atoms with Crippen LogP contribution in [-0.2, 0) is 18.3 Å². The molecule has 0 saturated carbocycles. The van der Waals surface area contributed by atoms with Gasteiger partial charge in [0.15, 0.2) is 5.78 Å². The van der Waals surface area contributed by atoms with Crippen LogP contribution in [-0.4, -0.2) is 70.1 Å². The fourth-order valence-electron chi connectivity index (χ4n) is 3.55. The number of rotatable bonds is 5. The lowest BCUT2D eigenvalue weighted by atomic mass is 10.0. The van der Waals surface area contributed by atoms with E-state index in [-0.39, 0.29) is 5.78 Å². The Balaban J connectivity index is 1.48. The highest BCUT2D eigenvalue weighted by Crippen LogP contribution is 2.24. The van der Waals surface area contributed by atoms with Crippen LogP contribution >= 0.6 is 0 Å². The summed E-state index contributed by atoms with van der Waals surface area (Å²) in [5.41, 5.74) is 3.05. The van der Waals surface area contributed by atoms with Crippen LogP contribution in [0.2, 0.25) is 0 Å². The van der Waals surface area contributed by atoms with Gasteiger partial charge in [-0.15, -0.1) is 0 Å². The average molecular weight is 363 g/mol. The molecule has 0 N–H and O–H groups in total. The van der Waals surface area contributed by atoms with Crippen LogP contribution in [0, 0.1) is 0 Å². The molecule has 4 rings (SSSR count). The average Bonchev–Trinajstić information content (AvgIpc) is 3.09. The van der Waals surface area contributed by atoms with Gasteiger partial charge in [0.1, 0.15) is 0 Å². The number of carbonyl (C=O) groups excluding carboxylic acids is 1. The first-order valence-electron chi connectivity index (χ1n) is 9.37. The quantitative estimate of drug-likeness (QED) is 0.694. The number of ketones is 1. The Hall–Kier alpha value is -2.57. The van der Waals surface area contributed by atoms with E-state index in [4.69, 9.17) is 0 Å². The van der Waals surface area contributed by atoms with Gasteiger partial charge in [0.05, 0.1) is 19.2 Å². The van der Waals surface area contributed by atoms with E-state index in [1.54, 1.807) is 4.68 Å². The number of benzene rings is 1. The molecule has 0 spiro atoms. The van der Waals surface area contributed by atoms with E-state index >= 15 is 0 Å². The molecule has 6 nitrogen and oxygen atoms in total. The van der Waals surface area contributed by atoms with Crippen molar-refractivity contribution in [3.63, 3.8) is 0 Å². The van der Waals surface area contributed by atoms with Crippen molar-refractivity contribution in [3.8, 4) is 11.1 Å². The summed E-state index contributed by atoms with van der Waals surface area (Å²) >= 11 is 0. The number of likely N-dealkylation sites (N-methyl/N-ethyl adjacent to an activating group) is 1. The molecule has 2 aromatic heterocycles. The van der Waals surface area contributed by atoms with Gasteiger partial charge < -0.3 is 4.90 Å². The number of nitrogens with zero attached hydrogens (tertiary/aromatic N) is 5. The highest BCUT2D eigenvalue weighted by Gasteiger charge is 2.17. The lowest BCUT2D eigenvalue weighted by molar-refractivity contribution is -0.120. The molecule has 0 aliphatic carbocycles. The molecule has 0 radical (unpaired) electrons. The number of hydrogen-bond acceptors (Lipinski definition) is 5. The van der Waals surface area contributed by atoms with Crippen molar-refractivity contribution in [1.82, 2.24) is 24.6 Å². The Morgan fingerprint density at radius 3 is 2.56 bits per heavy atom. The summed E-state index contributed by atoms with van der Waals surface area (Å²) in [4.78, 5) is 21.5. The lowest BCUT2D eigenvalue weighted by Crippen LogP contribution is -2.46. The standard InChI is InChI=1S/C21H25N5O/c1-24-5-7-26(8-6-24)15-21(27)11-20-10-18-9-16(3-4-17(18)12-22-20)19-13-23-25(2)14-19/h3-4,9-10,12-14H,5-8,11,15H2,1-2H3. The van der Waals surface area contributed by atoms with Crippen LogP contribution in [0.3, 0.4) is 0 Å². The number of carbonyl (C=O) groups is 1. The molecular formula is C21H25N5O. The third-order valence-electron chi connectivity index (χ3n) is 5.19. The number of aryl methyl sites for hydroxylation is 1. The summed E-state index contributed by atoms with van der Waals surface area (Å²) < 4.78 is 1.80. The zero-order valence-electron chi connectivity index (χ0n) is 15.9. The molecule has 0 atom stereocenters. The maximum atomic E-state index is 12.5. The molecule has 1 saturated heterocycles. The number of aromatic nitrogens is 3. The van der Waals surface area contributed by atoms with Crippen LogP contribution < -0.4 is 0 Å². The molecule has 1 aliphatic heterocycles. The van der Waals surface area contributed by atoms with E-state index in [0.29, 0.717) is 13.0 Å². The Morgan fingerprint density at radius 2 is 1.81 bits per heavy atom. The first-order chi connectivity index (χ1) is 13.1. The van der Waals surface area contributed by atoms with Crippen LogP contribution in [0.1, 0.15) is 5.69 Å². The SMILES string of the molecule is CN1CCN(CC(=O)Cc2cc3cc(-c4cnn(C)c4)ccc3cn2)CC1. The molecular weight excluding hydrogens is 338 g/mol. The molecule has 0 bridgehead atoms.